The standard InChI is InChI=1S/C20H26N2O4S3/c1-26-18-9-8-15(13-19(18)29(24,25)22-16-5-2-3-6-16)20(23)21-10-12-27-14-17-7-4-11-28-17/h4,7-9,11,13,16,22H,2-3,5-6,10,12,14H2,1H3,(H,21,23). The number of benzene rings is 1. The van der Waals surface area contributed by atoms with Gasteiger partial charge in [0.1, 0.15) is 10.6 Å². The van der Waals surface area contributed by atoms with E-state index in [1.807, 2.05) is 6.07 Å². The zero-order valence-electron chi connectivity index (χ0n) is 16.3. The number of carbonyl (C=O) groups is 1. The van der Waals surface area contributed by atoms with Crippen molar-refractivity contribution in [2.75, 3.05) is 19.4 Å². The molecule has 0 bridgehead atoms. The molecule has 29 heavy (non-hydrogen) atoms. The van der Waals surface area contributed by atoms with Crippen LogP contribution in [0.3, 0.4) is 0 Å². The van der Waals surface area contributed by atoms with Crippen molar-refractivity contribution < 1.29 is 17.9 Å². The fourth-order valence-electron chi connectivity index (χ4n) is 3.26. The van der Waals surface area contributed by atoms with Gasteiger partial charge in [0.05, 0.1) is 7.11 Å². The Morgan fingerprint density at radius 2 is 2.07 bits per heavy atom. The third-order valence-corrected chi connectivity index (χ3v) is 8.36. The normalized spacial score (nSPS) is 14.8. The van der Waals surface area contributed by atoms with E-state index in [1.165, 1.54) is 24.1 Å². The molecule has 1 amide bonds. The molecule has 1 fully saturated rings. The van der Waals surface area contributed by atoms with E-state index < -0.39 is 10.0 Å². The van der Waals surface area contributed by atoms with Crippen LogP contribution in [0.15, 0.2) is 40.6 Å². The maximum Gasteiger partial charge on any atom is 0.251 e. The van der Waals surface area contributed by atoms with Gasteiger partial charge < -0.3 is 10.1 Å². The summed E-state index contributed by atoms with van der Waals surface area (Å²) in [4.78, 5) is 13.8. The number of nitrogens with one attached hydrogen (secondary N) is 2. The maximum absolute atomic E-state index is 12.8. The molecule has 0 spiro atoms. The third kappa shape index (κ3) is 6.21. The van der Waals surface area contributed by atoms with Crippen LogP contribution >= 0.6 is 23.1 Å². The van der Waals surface area contributed by atoms with Crippen molar-refractivity contribution in [3.8, 4) is 5.75 Å². The largest absolute Gasteiger partial charge is 0.495 e. The van der Waals surface area contributed by atoms with Gasteiger partial charge in [-0.25, -0.2) is 13.1 Å². The minimum absolute atomic E-state index is 0.00613. The van der Waals surface area contributed by atoms with E-state index in [0.29, 0.717) is 12.1 Å². The summed E-state index contributed by atoms with van der Waals surface area (Å²) in [5.74, 6) is 1.65. The molecule has 1 aliphatic carbocycles. The van der Waals surface area contributed by atoms with Crippen LogP contribution in [0.4, 0.5) is 0 Å². The molecule has 1 saturated carbocycles. The first-order valence-corrected chi connectivity index (χ1v) is 13.1. The molecule has 1 heterocycles. The molecular formula is C20H26N2O4S3. The number of amides is 1. The molecule has 2 N–H and O–H groups in total. The molecule has 1 aliphatic rings. The number of hydrogen-bond acceptors (Lipinski definition) is 6. The van der Waals surface area contributed by atoms with Crippen molar-refractivity contribution >= 4 is 39.0 Å². The number of thiophene rings is 1. The quantitative estimate of drug-likeness (QED) is 0.536. The summed E-state index contributed by atoms with van der Waals surface area (Å²) in [5, 5.41) is 4.91. The van der Waals surface area contributed by atoms with E-state index in [-0.39, 0.29) is 22.6 Å². The van der Waals surface area contributed by atoms with Gasteiger partial charge in [0.2, 0.25) is 10.0 Å². The Bertz CT molecular complexity index is 908. The second-order valence-electron chi connectivity index (χ2n) is 6.86. The fraction of sp³-hybridized carbons (Fsp3) is 0.450. The van der Waals surface area contributed by atoms with Crippen molar-refractivity contribution in [3.05, 3.63) is 46.2 Å². The molecule has 0 unspecified atom stereocenters. The Labute approximate surface area is 180 Å². The van der Waals surface area contributed by atoms with E-state index >= 15 is 0 Å². The van der Waals surface area contributed by atoms with E-state index in [2.05, 4.69) is 21.5 Å². The minimum Gasteiger partial charge on any atom is -0.495 e. The van der Waals surface area contributed by atoms with Crippen LogP contribution in [0.2, 0.25) is 0 Å². The van der Waals surface area contributed by atoms with E-state index in [9.17, 15) is 13.2 Å². The van der Waals surface area contributed by atoms with Gasteiger partial charge in [0, 0.05) is 34.5 Å². The smallest absolute Gasteiger partial charge is 0.251 e. The van der Waals surface area contributed by atoms with E-state index in [1.54, 1.807) is 29.2 Å². The van der Waals surface area contributed by atoms with Gasteiger partial charge in [-0.1, -0.05) is 18.9 Å². The van der Waals surface area contributed by atoms with Gasteiger partial charge in [0.25, 0.3) is 5.91 Å². The molecule has 158 valence electrons. The van der Waals surface area contributed by atoms with Crippen LogP contribution in [0.5, 0.6) is 5.75 Å². The first-order chi connectivity index (χ1) is 14.0. The SMILES string of the molecule is COc1ccc(C(=O)NCCSCc2cccs2)cc1S(=O)(=O)NC1CCCC1. The Balaban J connectivity index is 1.60. The zero-order valence-corrected chi connectivity index (χ0v) is 18.8. The first kappa shape index (κ1) is 22.1. The van der Waals surface area contributed by atoms with Gasteiger partial charge >= 0.3 is 0 Å². The van der Waals surface area contributed by atoms with Crippen LogP contribution in [0.1, 0.15) is 40.9 Å². The molecule has 2 aromatic rings. The molecule has 1 aromatic heterocycles. The summed E-state index contributed by atoms with van der Waals surface area (Å²) in [6.45, 7) is 0.517. The summed E-state index contributed by atoms with van der Waals surface area (Å²) in [6.07, 6.45) is 3.73. The second-order valence-corrected chi connectivity index (χ2v) is 10.7. The van der Waals surface area contributed by atoms with Crippen molar-refractivity contribution in [2.24, 2.45) is 0 Å². The number of hydrogen-bond donors (Lipinski definition) is 2. The highest BCUT2D eigenvalue weighted by molar-refractivity contribution is 7.98. The number of rotatable bonds is 10. The van der Waals surface area contributed by atoms with Gasteiger partial charge in [-0.05, 0) is 42.5 Å². The predicted molar refractivity (Wildman–Crippen MR) is 118 cm³/mol. The molecule has 1 aromatic carbocycles. The summed E-state index contributed by atoms with van der Waals surface area (Å²) in [5.41, 5.74) is 0.306. The molecule has 3 rings (SSSR count). The monoisotopic (exact) mass is 454 g/mol. The summed E-state index contributed by atoms with van der Waals surface area (Å²) < 4.78 is 33.6. The number of sulfonamides is 1. The predicted octanol–water partition coefficient (Wildman–Crippen LogP) is 3.64. The highest BCUT2D eigenvalue weighted by Gasteiger charge is 2.26. The number of methoxy groups -OCH3 is 1. The highest BCUT2D eigenvalue weighted by atomic mass is 32.2. The minimum atomic E-state index is -3.75. The van der Waals surface area contributed by atoms with Crippen molar-refractivity contribution in [1.82, 2.24) is 10.0 Å². The highest BCUT2D eigenvalue weighted by Crippen LogP contribution is 2.27. The lowest BCUT2D eigenvalue weighted by Gasteiger charge is -2.15. The first-order valence-electron chi connectivity index (χ1n) is 9.58. The van der Waals surface area contributed by atoms with Gasteiger partial charge in [0.15, 0.2) is 0 Å². The topological polar surface area (TPSA) is 84.5 Å². The van der Waals surface area contributed by atoms with Crippen LogP contribution in [0.25, 0.3) is 0 Å². The third-order valence-electron chi connectivity index (χ3n) is 4.75. The Hall–Kier alpha value is -1.55. The van der Waals surface area contributed by atoms with Gasteiger partial charge in [-0.3, -0.25) is 4.79 Å². The van der Waals surface area contributed by atoms with Gasteiger partial charge in [-0.2, -0.15) is 11.8 Å². The Morgan fingerprint density at radius 1 is 1.28 bits per heavy atom. The molecule has 0 radical (unpaired) electrons. The van der Waals surface area contributed by atoms with Crippen LogP contribution < -0.4 is 14.8 Å². The van der Waals surface area contributed by atoms with Crippen molar-refractivity contribution in [2.45, 2.75) is 42.4 Å². The molecule has 0 saturated heterocycles. The summed E-state index contributed by atoms with van der Waals surface area (Å²) in [7, 11) is -2.33. The van der Waals surface area contributed by atoms with Crippen molar-refractivity contribution in [1.29, 1.82) is 0 Å². The van der Waals surface area contributed by atoms with Gasteiger partial charge in [-0.15, -0.1) is 11.3 Å². The zero-order chi connectivity index (χ0) is 20.7. The van der Waals surface area contributed by atoms with E-state index in [0.717, 1.165) is 37.2 Å². The number of ether oxygens (including phenoxy) is 1. The number of carbonyl (C=O) groups excluding carboxylic acids is 1. The molecule has 0 aliphatic heterocycles. The maximum atomic E-state index is 12.8. The number of thioether (sulfide) groups is 1. The summed E-state index contributed by atoms with van der Waals surface area (Å²) in [6, 6.07) is 8.58. The molecule has 0 atom stereocenters. The molecule has 9 heteroatoms. The average molecular weight is 455 g/mol. The lowest BCUT2D eigenvalue weighted by atomic mass is 10.2. The van der Waals surface area contributed by atoms with Crippen LogP contribution in [-0.4, -0.2) is 39.8 Å². The average Bonchev–Trinajstić information content (AvgIpc) is 3.41. The van der Waals surface area contributed by atoms with E-state index in [4.69, 9.17) is 4.74 Å². The lowest BCUT2D eigenvalue weighted by Crippen LogP contribution is -2.33. The molecule has 6 nitrogen and oxygen atoms in total. The summed E-state index contributed by atoms with van der Waals surface area (Å²) >= 11 is 3.47. The Morgan fingerprint density at radius 3 is 2.76 bits per heavy atom. The van der Waals surface area contributed by atoms with Crippen LogP contribution in [-0.2, 0) is 15.8 Å². The Kier molecular flexibility index (Phi) is 7.99. The second kappa shape index (κ2) is 10.5. The lowest BCUT2D eigenvalue weighted by molar-refractivity contribution is 0.0956. The molecular weight excluding hydrogens is 428 g/mol. The fourth-order valence-corrected chi connectivity index (χ4v) is 6.46. The van der Waals surface area contributed by atoms with Crippen molar-refractivity contribution in [3.63, 3.8) is 0 Å². The van der Waals surface area contributed by atoms with Crippen LogP contribution in [0, 0.1) is 0 Å².